The first-order chi connectivity index (χ1) is 8.87. The second-order valence-electron chi connectivity index (χ2n) is 4.94. The third-order valence-corrected chi connectivity index (χ3v) is 3.81. The van der Waals surface area contributed by atoms with Crippen LogP contribution >= 0.6 is 15.9 Å². The summed E-state index contributed by atoms with van der Waals surface area (Å²) in [5, 5.41) is 2.72. The lowest BCUT2D eigenvalue weighted by molar-refractivity contribution is -0.124. The fraction of sp³-hybridized carbons (Fsp3) is 0.538. The number of carbonyl (C=O) groups is 1. The van der Waals surface area contributed by atoms with Crippen molar-refractivity contribution in [3.63, 3.8) is 0 Å². The molecular formula is C13H15BrF2N2O. The SMILES string of the molecule is Cc1cc(Br)cnc1NC(=O)C1CCC(F)(F)CC1. The third-order valence-electron chi connectivity index (χ3n) is 3.37. The molecule has 3 nitrogen and oxygen atoms in total. The van der Waals surface area contributed by atoms with Crippen LogP contribution in [0.4, 0.5) is 14.6 Å². The van der Waals surface area contributed by atoms with Gasteiger partial charge in [-0.2, -0.15) is 0 Å². The summed E-state index contributed by atoms with van der Waals surface area (Å²) in [6.07, 6.45) is 1.64. The van der Waals surface area contributed by atoms with Crippen LogP contribution in [0, 0.1) is 12.8 Å². The Kier molecular flexibility index (Phi) is 4.18. The fourth-order valence-corrected chi connectivity index (χ4v) is 2.64. The molecule has 0 radical (unpaired) electrons. The van der Waals surface area contributed by atoms with Crippen LogP contribution in [0.1, 0.15) is 31.2 Å². The van der Waals surface area contributed by atoms with E-state index < -0.39 is 5.92 Å². The molecule has 1 fully saturated rings. The molecule has 6 heteroatoms. The number of hydrogen-bond acceptors (Lipinski definition) is 2. The predicted molar refractivity (Wildman–Crippen MR) is 72.2 cm³/mol. The van der Waals surface area contributed by atoms with E-state index in [1.165, 1.54) is 0 Å². The maximum absolute atomic E-state index is 13.0. The number of rotatable bonds is 2. The largest absolute Gasteiger partial charge is 0.310 e. The number of aryl methyl sites for hydroxylation is 1. The smallest absolute Gasteiger partial charge is 0.248 e. The van der Waals surface area contributed by atoms with E-state index >= 15 is 0 Å². The summed E-state index contributed by atoms with van der Waals surface area (Å²) in [6.45, 7) is 1.84. The predicted octanol–water partition coefficient (Wildman–Crippen LogP) is 3.92. The number of hydrogen-bond donors (Lipinski definition) is 1. The van der Waals surface area contributed by atoms with E-state index in [1.807, 2.05) is 13.0 Å². The highest BCUT2D eigenvalue weighted by molar-refractivity contribution is 9.10. The van der Waals surface area contributed by atoms with Crippen molar-refractivity contribution in [1.82, 2.24) is 4.98 Å². The topological polar surface area (TPSA) is 42.0 Å². The van der Waals surface area contributed by atoms with E-state index in [9.17, 15) is 13.6 Å². The van der Waals surface area contributed by atoms with Crippen LogP contribution in [0.3, 0.4) is 0 Å². The number of halogens is 3. The first-order valence-electron chi connectivity index (χ1n) is 6.18. The molecule has 104 valence electrons. The zero-order valence-corrected chi connectivity index (χ0v) is 12.1. The molecule has 0 saturated heterocycles. The maximum Gasteiger partial charge on any atom is 0.248 e. The molecule has 1 saturated carbocycles. The summed E-state index contributed by atoms with van der Waals surface area (Å²) in [6, 6.07) is 1.84. The normalized spacial score (nSPS) is 19.2. The van der Waals surface area contributed by atoms with Crippen LogP contribution in [0.15, 0.2) is 16.7 Å². The highest BCUT2D eigenvalue weighted by Crippen LogP contribution is 2.36. The van der Waals surface area contributed by atoms with Gasteiger partial charge in [-0.05, 0) is 47.3 Å². The Labute approximate surface area is 118 Å². The number of pyridine rings is 1. The minimum absolute atomic E-state index is 0.210. The average molecular weight is 333 g/mol. The Hall–Kier alpha value is -1.04. The molecule has 2 rings (SSSR count). The van der Waals surface area contributed by atoms with Crippen LogP contribution < -0.4 is 5.32 Å². The van der Waals surface area contributed by atoms with Crippen molar-refractivity contribution >= 4 is 27.7 Å². The molecule has 1 aromatic heterocycles. The van der Waals surface area contributed by atoms with E-state index in [0.717, 1.165) is 10.0 Å². The lowest BCUT2D eigenvalue weighted by atomic mass is 9.86. The van der Waals surface area contributed by atoms with Gasteiger partial charge in [0, 0.05) is 29.4 Å². The first-order valence-corrected chi connectivity index (χ1v) is 6.97. The second kappa shape index (κ2) is 5.53. The Morgan fingerprint density at radius 3 is 2.68 bits per heavy atom. The van der Waals surface area contributed by atoms with Crippen molar-refractivity contribution in [1.29, 1.82) is 0 Å². The summed E-state index contributed by atoms with van der Waals surface area (Å²) in [5.41, 5.74) is 0.837. The average Bonchev–Trinajstić information content (AvgIpc) is 2.32. The van der Waals surface area contributed by atoms with Crippen molar-refractivity contribution < 1.29 is 13.6 Å². The lowest BCUT2D eigenvalue weighted by Gasteiger charge is -2.27. The minimum Gasteiger partial charge on any atom is -0.310 e. The Balaban J connectivity index is 1.98. The molecular weight excluding hydrogens is 318 g/mol. The summed E-state index contributed by atoms with van der Waals surface area (Å²) >= 11 is 3.29. The molecule has 0 spiro atoms. The fourth-order valence-electron chi connectivity index (χ4n) is 2.19. The molecule has 1 aliphatic carbocycles. The Morgan fingerprint density at radius 1 is 1.47 bits per heavy atom. The van der Waals surface area contributed by atoms with Crippen molar-refractivity contribution in [2.45, 2.75) is 38.5 Å². The molecule has 0 unspecified atom stereocenters. The van der Waals surface area contributed by atoms with Crippen molar-refractivity contribution in [2.75, 3.05) is 5.32 Å². The van der Waals surface area contributed by atoms with Gasteiger partial charge in [0.1, 0.15) is 5.82 Å². The van der Waals surface area contributed by atoms with E-state index in [2.05, 4.69) is 26.2 Å². The quantitative estimate of drug-likeness (QED) is 0.891. The molecule has 19 heavy (non-hydrogen) atoms. The van der Waals surface area contributed by atoms with E-state index in [-0.39, 0.29) is 37.5 Å². The van der Waals surface area contributed by atoms with Gasteiger partial charge in [0.15, 0.2) is 0 Å². The van der Waals surface area contributed by atoms with Gasteiger partial charge in [0.2, 0.25) is 11.8 Å². The third kappa shape index (κ3) is 3.72. The van der Waals surface area contributed by atoms with Gasteiger partial charge in [-0.3, -0.25) is 4.79 Å². The van der Waals surface area contributed by atoms with Crippen molar-refractivity contribution in [3.05, 3.63) is 22.3 Å². The van der Waals surface area contributed by atoms with Gasteiger partial charge in [0.25, 0.3) is 0 Å². The number of alkyl halides is 2. The minimum atomic E-state index is -2.61. The first kappa shape index (κ1) is 14.4. The van der Waals surface area contributed by atoms with Gasteiger partial charge in [0.05, 0.1) is 0 Å². The van der Waals surface area contributed by atoms with Gasteiger partial charge in [-0.25, -0.2) is 13.8 Å². The molecule has 1 N–H and O–H groups in total. The van der Waals surface area contributed by atoms with E-state index in [1.54, 1.807) is 6.20 Å². The highest BCUT2D eigenvalue weighted by Gasteiger charge is 2.37. The zero-order valence-electron chi connectivity index (χ0n) is 10.5. The van der Waals surface area contributed by atoms with Crippen LogP contribution in [0.2, 0.25) is 0 Å². The molecule has 0 aromatic carbocycles. The Morgan fingerprint density at radius 2 is 2.11 bits per heavy atom. The zero-order chi connectivity index (χ0) is 14.0. The van der Waals surface area contributed by atoms with Crippen LogP contribution in [-0.2, 0) is 4.79 Å². The highest BCUT2D eigenvalue weighted by atomic mass is 79.9. The summed E-state index contributed by atoms with van der Waals surface area (Å²) in [7, 11) is 0. The van der Waals surface area contributed by atoms with Gasteiger partial charge in [-0.1, -0.05) is 0 Å². The van der Waals surface area contributed by atoms with Crippen molar-refractivity contribution in [2.24, 2.45) is 5.92 Å². The van der Waals surface area contributed by atoms with Crippen LogP contribution in [0.5, 0.6) is 0 Å². The van der Waals surface area contributed by atoms with Gasteiger partial charge in [-0.15, -0.1) is 0 Å². The van der Waals surface area contributed by atoms with E-state index in [0.29, 0.717) is 5.82 Å². The van der Waals surface area contributed by atoms with Crippen LogP contribution in [-0.4, -0.2) is 16.8 Å². The number of nitrogens with one attached hydrogen (secondary N) is 1. The molecule has 1 aromatic rings. The number of nitrogens with zero attached hydrogens (tertiary/aromatic N) is 1. The number of carbonyl (C=O) groups excluding carboxylic acids is 1. The summed E-state index contributed by atoms with van der Waals surface area (Å²) < 4.78 is 26.9. The maximum atomic E-state index is 13.0. The van der Waals surface area contributed by atoms with E-state index in [4.69, 9.17) is 0 Å². The van der Waals surface area contributed by atoms with Gasteiger partial charge >= 0.3 is 0 Å². The molecule has 1 heterocycles. The molecule has 0 bridgehead atoms. The number of amides is 1. The van der Waals surface area contributed by atoms with Crippen molar-refractivity contribution in [3.8, 4) is 0 Å². The van der Waals surface area contributed by atoms with Gasteiger partial charge < -0.3 is 5.32 Å². The molecule has 1 aliphatic rings. The standard InChI is InChI=1S/C13H15BrF2N2O/c1-8-6-10(14)7-17-11(8)18-12(19)9-2-4-13(15,16)5-3-9/h6-7,9H,2-5H2,1H3,(H,17,18,19). The summed E-state index contributed by atoms with van der Waals surface area (Å²) in [4.78, 5) is 16.1. The lowest BCUT2D eigenvalue weighted by Crippen LogP contribution is -2.32. The second-order valence-corrected chi connectivity index (χ2v) is 5.85. The number of aromatic nitrogens is 1. The van der Waals surface area contributed by atoms with Crippen LogP contribution in [0.25, 0.3) is 0 Å². The molecule has 1 amide bonds. The monoisotopic (exact) mass is 332 g/mol. The summed E-state index contributed by atoms with van der Waals surface area (Å²) in [5.74, 6) is -2.67. The number of anilines is 1. The Bertz CT molecular complexity index is 484. The molecule has 0 aliphatic heterocycles. The molecule has 0 atom stereocenters.